The van der Waals surface area contributed by atoms with Gasteiger partial charge in [0.1, 0.15) is 0 Å². The van der Waals surface area contributed by atoms with Gasteiger partial charge in [0.05, 0.1) is 5.02 Å². The maximum atomic E-state index is 8.96. The summed E-state index contributed by atoms with van der Waals surface area (Å²) in [6, 6.07) is 8.24. The number of aliphatic hydroxyl groups is 1. The molecule has 4 heteroatoms. The second-order valence-corrected chi connectivity index (χ2v) is 6.68. The number of fused-ring (bicyclic) bond motifs is 1. The monoisotopic (exact) mass is 286 g/mol. The third-order valence-electron chi connectivity index (χ3n) is 2.55. The lowest BCUT2D eigenvalue weighted by Gasteiger charge is -2.05. The van der Waals surface area contributed by atoms with Gasteiger partial charge in [0.25, 0.3) is 0 Å². The number of benzene rings is 1. The molecule has 1 heterocycles. The number of halogens is 1. The van der Waals surface area contributed by atoms with Crippen molar-refractivity contribution in [1.82, 2.24) is 0 Å². The van der Waals surface area contributed by atoms with Crippen molar-refractivity contribution in [3.05, 3.63) is 34.2 Å². The van der Waals surface area contributed by atoms with Gasteiger partial charge in [-0.25, -0.2) is 0 Å². The Kier molecular flexibility index (Phi) is 4.74. The molecule has 1 aromatic heterocycles. The Morgan fingerprint density at radius 1 is 1.41 bits per heavy atom. The van der Waals surface area contributed by atoms with Crippen molar-refractivity contribution in [2.75, 3.05) is 12.4 Å². The average molecular weight is 287 g/mol. The summed E-state index contributed by atoms with van der Waals surface area (Å²) in [5, 5.41) is 11.0. The van der Waals surface area contributed by atoms with Gasteiger partial charge in [-0.2, -0.15) is 11.8 Å². The van der Waals surface area contributed by atoms with E-state index in [1.807, 2.05) is 23.9 Å². The molecule has 0 saturated heterocycles. The molecular weight excluding hydrogens is 272 g/mol. The molecule has 0 aliphatic rings. The highest BCUT2D eigenvalue weighted by Crippen LogP contribution is 2.37. The average Bonchev–Trinajstić information content (AvgIpc) is 2.67. The highest BCUT2D eigenvalue weighted by atomic mass is 35.5. The topological polar surface area (TPSA) is 20.2 Å². The van der Waals surface area contributed by atoms with Crippen LogP contribution in [0.25, 0.3) is 10.1 Å². The van der Waals surface area contributed by atoms with Crippen LogP contribution in [0.4, 0.5) is 0 Å². The number of thioether (sulfide) groups is 1. The molecular formula is C13H15ClOS2. The second-order valence-electron chi connectivity index (χ2n) is 4.14. The third-order valence-corrected chi connectivity index (χ3v) is 5.74. The molecule has 0 saturated carbocycles. The smallest absolute Gasteiger partial charge is 0.0632 e. The van der Waals surface area contributed by atoms with E-state index in [2.05, 4.69) is 19.1 Å². The zero-order valence-electron chi connectivity index (χ0n) is 9.65. The maximum Gasteiger partial charge on any atom is 0.0632 e. The van der Waals surface area contributed by atoms with E-state index in [-0.39, 0.29) is 6.61 Å². The molecule has 1 aromatic carbocycles. The predicted octanol–water partition coefficient (Wildman–Crippen LogP) is 4.42. The summed E-state index contributed by atoms with van der Waals surface area (Å²) in [6.45, 7) is 2.31. The zero-order chi connectivity index (χ0) is 12.3. The van der Waals surface area contributed by atoms with E-state index in [9.17, 15) is 0 Å². The summed E-state index contributed by atoms with van der Waals surface area (Å²) < 4.78 is 1.25. The number of hydrogen-bond acceptors (Lipinski definition) is 3. The van der Waals surface area contributed by atoms with Crippen molar-refractivity contribution in [3.63, 3.8) is 0 Å². The number of hydrogen-bond donors (Lipinski definition) is 1. The van der Waals surface area contributed by atoms with Crippen LogP contribution in [0.15, 0.2) is 24.3 Å². The first-order valence-corrected chi connectivity index (χ1v) is 7.91. The van der Waals surface area contributed by atoms with Gasteiger partial charge in [-0.05, 0) is 17.7 Å². The molecule has 0 spiro atoms. The van der Waals surface area contributed by atoms with Crippen LogP contribution in [0.2, 0.25) is 5.02 Å². The van der Waals surface area contributed by atoms with E-state index in [4.69, 9.17) is 16.7 Å². The first kappa shape index (κ1) is 13.2. The molecule has 17 heavy (non-hydrogen) atoms. The van der Waals surface area contributed by atoms with Gasteiger partial charge in [0.15, 0.2) is 0 Å². The van der Waals surface area contributed by atoms with Crippen LogP contribution < -0.4 is 0 Å². The molecule has 0 amide bonds. The number of rotatable bonds is 5. The van der Waals surface area contributed by atoms with Gasteiger partial charge >= 0.3 is 0 Å². The molecule has 2 aromatic rings. The predicted molar refractivity (Wildman–Crippen MR) is 79.2 cm³/mol. The highest BCUT2D eigenvalue weighted by Gasteiger charge is 2.10. The largest absolute Gasteiger partial charge is 0.396 e. The Bertz CT molecular complexity index is 495. The lowest BCUT2D eigenvalue weighted by molar-refractivity contribution is 0.250. The van der Waals surface area contributed by atoms with Gasteiger partial charge in [-0.1, -0.05) is 36.7 Å². The molecule has 1 atom stereocenters. The molecule has 2 rings (SSSR count). The van der Waals surface area contributed by atoms with Crippen LogP contribution in [0.3, 0.4) is 0 Å². The fraction of sp³-hybridized carbons (Fsp3) is 0.385. The van der Waals surface area contributed by atoms with Gasteiger partial charge in [0, 0.05) is 27.3 Å². The minimum atomic E-state index is 0.257. The fourth-order valence-corrected chi connectivity index (χ4v) is 4.38. The number of thiophene rings is 1. The van der Waals surface area contributed by atoms with E-state index < -0.39 is 0 Å². The quantitative estimate of drug-likeness (QED) is 0.878. The summed E-state index contributed by atoms with van der Waals surface area (Å²) in [5.74, 6) is 2.26. The van der Waals surface area contributed by atoms with E-state index in [1.54, 1.807) is 11.3 Å². The summed E-state index contributed by atoms with van der Waals surface area (Å²) in [6.07, 6.45) is 0. The molecule has 0 radical (unpaired) electrons. The van der Waals surface area contributed by atoms with E-state index in [1.165, 1.54) is 9.58 Å². The summed E-state index contributed by atoms with van der Waals surface area (Å²) in [4.78, 5) is 1.24. The Morgan fingerprint density at radius 3 is 2.88 bits per heavy atom. The zero-order valence-corrected chi connectivity index (χ0v) is 12.0. The van der Waals surface area contributed by atoms with Crippen molar-refractivity contribution in [1.29, 1.82) is 0 Å². The van der Waals surface area contributed by atoms with Crippen LogP contribution in [-0.2, 0) is 5.75 Å². The standard InChI is InChI=1S/C13H15ClOS2/c1-9(6-15)7-16-8-12-13(14)10-4-2-3-5-11(10)17-12/h2-5,9,15H,6-8H2,1H3. The molecule has 1 nitrogen and oxygen atoms in total. The van der Waals surface area contributed by atoms with E-state index in [0.717, 1.165) is 21.9 Å². The van der Waals surface area contributed by atoms with Gasteiger partial charge in [-0.15, -0.1) is 11.3 Å². The summed E-state index contributed by atoms with van der Waals surface area (Å²) >= 11 is 9.96. The maximum absolute atomic E-state index is 8.96. The summed E-state index contributed by atoms with van der Waals surface area (Å²) in [5.41, 5.74) is 0. The van der Waals surface area contributed by atoms with Crippen LogP contribution in [0, 0.1) is 5.92 Å². The first-order valence-electron chi connectivity index (χ1n) is 5.57. The summed E-state index contributed by atoms with van der Waals surface area (Å²) in [7, 11) is 0. The minimum absolute atomic E-state index is 0.257. The molecule has 1 N–H and O–H groups in total. The lowest BCUT2D eigenvalue weighted by Crippen LogP contribution is -2.03. The fourth-order valence-electron chi connectivity index (χ4n) is 1.56. The van der Waals surface area contributed by atoms with Crippen LogP contribution >= 0.6 is 34.7 Å². The molecule has 0 bridgehead atoms. The Morgan fingerprint density at radius 2 is 2.18 bits per heavy atom. The lowest BCUT2D eigenvalue weighted by atomic mass is 10.2. The van der Waals surface area contributed by atoms with Crippen LogP contribution in [0.5, 0.6) is 0 Å². The molecule has 1 unspecified atom stereocenters. The van der Waals surface area contributed by atoms with Crippen molar-refractivity contribution in [2.45, 2.75) is 12.7 Å². The highest BCUT2D eigenvalue weighted by molar-refractivity contribution is 7.98. The van der Waals surface area contributed by atoms with E-state index >= 15 is 0 Å². The Balaban J connectivity index is 2.06. The Labute approximate surface area is 115 Å². The molecule has 92 valence electrons. The van der Waals surface area contributed by atoms with Gasteiger partial charge in [0.2, 0.25) is 0 Å². The molecule has 0 aliphatic heterocycles. The van der Waals surface area contributed by atoms with Crippen molar-refractivity contribution in [3.8, 4) is 0 Å². The van der Waals surface area contributed by atoms with Crippen LogP contribution in [0.1, 0.15) is 11.8 Å². The van der Waals surface area contributed by atoms with Gasteiger partial charge in [-0.3, -0.25) is 0 Å². The van der Waals surface area contributed by atoms with Crippen LogP contribution in [-0.4, -0.2) is 17.5 Å². The Hall–Kier alpha value is -0.220. The van der Waals surface area contributed by atoms with Gasteiger partial charge < -0.3 is 5.11 Å². The first-order chi connectivity index (χ1) is 8.22. The normalized spacial score (nSPS) is 13.1. The van der Waals surface area contributed by atoms with Crippen molar-refractivity contribution < 1.29 is 5.11 Å². The minimum Gasteiger partial charge on any atom is -0.396 e. The van der Waals surface area contributed by atoms with Crippen molar-refractivity contribution >= 4 is 44.8 Å². The third kappa shape index (κ3) is 3.16. The SMILES string of the molecule is CC(CO)CSCc1sc2ccccc2c1Cl. The second kappa shape index (κ2) is 6.10. The molecule has 0 aliphatic carbocycles. The van der Waals surface area contributed by atoms with Crippen molar-refractivity contribution in [2.24, 2.45) is 5.92 Å². The van der Waals surface area contributed by atoms with E-state index in [0.29, 0.717) is 5.92 Å². The number of aliphatic hydroxyl groups excluding tert-OH is 1. The molecule has 0 fully saturated rings.